The third kappa shape index (κ3) is 2.83. The fourth-order valence-corrected chi connectivity index (χ4v) is 1.82. The van der Waals surface area contributed by atoms with Crippen molar-refractivity contribution in [3.63, 3.8) is 0 Å². The Morgan fingerprint density at radius 2 is 2.08 bits per heavy atom. The van der Waals surface area contributed by atoms with Crippen LogP contribution in [0.1, 0.15) is 13.8 Å². The molecule has 1 nitrogen and oxygen atoms in total. The molecule has 0 aliphatic rings. The maximum atomic E-state index is 5.79. The van der Waals surface area contributed by atoms with Crippen LogP contribution < -0.4 is 4.74 Å². The first-order valence-corrected chi connectivity index (χ1v) is 5.17. The van der Waals surface area contributed by atoms with E-state index in [4.69, 9.17) is 16.3 Å². The van der Waals surface area contributed by atoms with Crippen molar-refractivity contribution in [2.45, 2.75) is 20.0 Å². The zero-order chi connectivity index (χ0) is 9.14. The largest absolute Gasteiger partial charge is 0.490 e. The van der Waals surface area contributed by atoms with Crippen LogP contribution in [-0.4, -0.2) is 6.10 Å². The summed E-state index contributed by atoms with van der Waals surface area (Å²) >= 11 is 8.00. The molecule has 0 heterocycles. The van der Waals surface area contributed by atoms with Crippen LogP contribution in [-0.2, 0) is 0 Å². The van der Waals surface area contributed by atoms with E-state index in [9.17, 15) is 0 Å². The van der Waals surface area contributed by atoms with E-state index < -0.39 is 0 Å². The molecule has 66 valence electrons. The van der Waals surface area contributed by atoms with E-state index in [1.54, 1.807) is 0 Å². The zero-order valence-corrected chi connectivity index (χ0v) is 9.89. The third-order valence-corrected chi connectivity index (χ3v) is 2.33. The van der Waals surface area contributed by atoms with Crippen LogP contribution in [0, 0.1) is 3.57 Å². The van der Waals surface area contributed by atoms with Crippen LogP contribution in [0.15, 0.2) is 18.2 Å². The second-order valence-electron chi connectivity index (χ2n) is 2.74. The topological polar surface area (TPSA) is 9.23 Å². The number of hydrogen-bond acceptors (Lipinski definition) is 1. The van der Waals surface area contributed by atoms with Crippen LogP contribution in [0.4, 0.5) is 0 Å². The van der Waals surface area contributed by atoms with Crippen LogP contribution >= 0.6 is 34.2 Å². The quantitative estimate of drug-likeness (QED) is 0.756. The average Bonchev–Trinajstić information content (AvgIpc) is 1.94. The summed E-state index contributed by atoms with van der Waals surface area (Å²) in [5, 5.41) is 0.746. The van der Waals surface area contributed by atoms with Gasteiger partial charge in [0.05, 0.1) is 9.67 Å². The maximum absolute atomic E-state index is 5.79. The van der Waals surface area contributed by atoms with Crippen LogP contribution in [0.2, 0.25) is 5.02 Å². The standard InChI is InChI=1S/C9H10ClIO/c1-6(2)12-9-4-3-7(10)5-8(9)11/h3-6H,1-2H3. The highest BCUT2D eigenvalue weighted by Crippen LogP contribution is 2.24. The third-order valence-electron chi connectivity index (χ3n) is 1.26. The lowest BCUT2D eigenvalue weighted by molar-refractivity contribution is 0.240. The summed E-state index contributed by atoms with van der Waals surface area (Å²) in [5.74, 6) is 0.898. The van der Waals surface area contributed by atoms with Gasteiger partial charge < -0.3 is 4.74 Å². The van der Waals surface area contributed by atoms with E-state index in [2.05, 4.69) is 22.6 Å². The van der Waals surface area contributed by atoms with Crippen LogP contribution in [0.25, 0.3) is 0 Å². The molecule has 0 spiro atoms. The Balaban J connectivity index is 2.86. The molecular formula is C9H10ClIO. The van der Waals surface area contributed by atoms with Gasteiger partial charge >= 0.3 is 0 Å². The van der Waals surface area contributed by atoms with Crippen molar-refractivity contribution < 1.29 is 4.74 Å². The predicted molar refractivity (Wildman–Crippen MR) is 59.9 cm³/mol. The van der Waals surface area contributed by atoms with E-state index >= 15 is 0 Å². The van der Waals surface area contributed by atoms with Crippen LogP contribution in [0.5, 0.6) is 5.75 Å². The fraction of sp³-hybridized carbons (Fsp3) is 0.333. The smallest absolute Gasteiger partial charge is 0.133 e. The molecule has 0 saturated heterocycles. The molecule has 0 saturated carbocycles. The minimum atomic E-state index is 0.208. The molecule has 0 unspecified atom stereocenters. The number of rotatable bonds is 2. The minimum absolute atomic E-state index is 0.208. The molecule has 0 fully saturated rings. The molecule has 0 bridgehead atoms. The van der Waals surface area contributed by atoms with E-state index in [-0.39, 0.29) is 6.10 Å². The second kappa shape index (κ2) is 4.33. The van der Waals surface area contributed by atoms with Crippen molar-refractivity contribution in [2.75, 3.05) is 0 Å². The summed E-state index contributed by atoms with van der Waals surface area (Å²) in [6.07, 6.45) is 0.208. The number of benzene rings is 1. The highest BCUT2D eigenvalue weighted by atomic mass is 127. The van der Waals surface area contributed by atoms with E-state index in [0.717, 1.165) is 14.3 Å². The van der Waals surface area contributed by atoms with Crippen molar-refractivity contribution in [3.05, 3.63) is 26.8 Å². The molecule has 0 N–H and O–H groups in total. The van der Waals surface area contributed by atoms with E-state index in [1.165, 1.54) is 0 Å². The van der Waals surface area contributed by atoms with Crippen molar-refractivity contribution in [2.24, 2.45) is 0 Å². The molecule has 1 aromatic rings. The summed E-state index contributed by atoms with van der Waals surface area (Å²) in [5.41, 5.74) is 0. The summed E-state index contributed by atoms with van der Waals surface area (Å²) in [6.45, 7) is 4.01. The number of ether oxygens (including phenoxy) is 1. The first-order chi connectivity index (χ1) is 5.59. The molecule has 1 rings (SSSR count). The van der Waals surface area contributed by atoms with Crippen molar-refractivity contribution in [1.29, 1.82) is 0 Å². The lowest BCUT2D eigenvalue weighted by Crippen LogP contribution is -2.06. The molecule has 0 aromatic heterocycles. The minimum Gasteiger partial charge on any atom is -0.490 e. The summed E-state index contributed by atoms with van der Waals surface area (Å²) < 4.78 is 6.58. The Morgan fingerprint density at radius 3 is 2.58 bits per heavy atom. The van der Waals surface area contributed by atoms with Crippen molar-refractivity contribution >= 4 is 34.2 Å². The molecule has 0 atom stereocenters. The Kier molecular flexibility index (Phi) is 3.65. The molecule has 3 heteroatoms. The monoisotopic (exact) mass is 296 g/mol. The van der Waals surface area contributed by atoms with E-state index in [1.807, 2.05) is 32.0 Å². The lowest BCUT2D eigenvalue weighted by Gasteiger charge is -2.11. The SMILES string of the molecule is CC(C)Oc1ccc(Cl)cc1I. The molecule has 12 heavy (non-hydrogen) atoms. The van der Waals surface area contributed by atoms with Gasteiger partial charge in [-0.15, -0.1) is 0 Å². The maximum Gasteiger partial charge on any atom is 0.133 e. The number of hydrogen-bond donors (Lipinski definition) is 0. The van der Waals surface area contributed by atoms with Gasteiger partial charge in [-0.25, -0.2) is 0 Å². The fourth-order valence-electron chi connectivity index (χ4n) is 0.825. The molecule has 1 aromatic carbocycles. The van der Waals surface area contributed by atoms with Gasteiger partial charge in [-0.2, -0.15) is 0 Å². The normalized spacial score (nSPS) is 10.4. The highest BCUT2D eigenvalue weighted by molar-refractivity contribution is 14.1. The Hall–Kier alpha value is 0.0400. The van der Waals surface area contributed by atoms with Gasteiger partial charge in [0.15, 0.2) is 0 Å². The molecule has 0 amide bonds. The summed E-state index contributed by atoms with van der Waals surface area (Å²) in [4.78, 5) is 0. The van der Waals surface area contributed by atoms with Gasteiger partial charge in [0.2, 0.25) is 0 Å². The number of halogens is 2. The Labute approximate surface area is 91.2 Å². The summed E-state index contributed by atoms with van der Waals surface area (Å²) in [6, 6.07) is 5.62. The van der Waals surface area contributed by atoms with Gasteiger partial charge in [0.25, 0.3) is 0 Å². The van der Waals surface area contributed by atoms with Gasteiger partial charge in [0, 0.05) is 5.02 Å². The first-order valence-electron chi connectivity index (χ1n) is 3.71. The van der Waals surface area contributed by atoms with Crippen molar-refractivity contribution in [3.8, 4) is 5.75 Å². The molecule has 0 aliphatic heterocycles. The predicted octanol–water partition coefficient (Wildman–Crippen LogP) is 3.73. The zero-order valence-electron chi connectivity index (χ0n) is 6.97. The van der Waals surface area contributed by atoms with Gasteiger partial charge in [0.1, 0.15) is 5.75 Å². The van der Waals surface area contributed by atoms with Crippen molar-refractivity contribution in [1.82, 2.24) is 0 Å². The first kappa shape index (κ1) is 10.1. The van der Waals surface area contributed by atoms with Crippen LogP contribution in [0.3, 0.4) is 0 Å². The Bertz CT molecular complexity index is 273. The van der Waals surface area contributed by atoms with Gasteiger partial charge in [-0.05, 0) is 54.6 Å². The summed E-state index contributed by atoms with van der Waals surface area (Å²) in [7, 11) is 0. The van der Waals surface area contributed by atoms with E-state index in [0.29, 0.717) is 0 Å². The average molecular weight is 297 g/mol. The second-order valence-corrected chi connectivity index (χ2v) is 4.34. The van der Waals surface area contributed by atoms with Gasteiger partial charge in [-0.1, -0.05) is 11.6 Å². The molecule has 0 radical (unpaired) electrons. The lowest BCUT2D eigenvalue weighted by atomic mass is 10.3. The molecule has 0 aliphatic carbocycles. The highest BCUT2D eigenvalue weighted by Gasteiger charge is 2.02. The van der Waals surface area contributed by atoms with Gasteiger partial charge in [-0.3, -0.25) is 0 Å². The Morgan fingerprint density at radius 1 is 1.42 bits per heavy atom. The molecular weight excluding hydrogens is 286 g/mol.